The molecule has 1 N–H and O–H groups in total. The number of hydrogen-bond donors (Lipinski definition) is 1. The number of carbonyl (C=O) groups is 1. The summed E-state index contributed by atoms with van der Waals surface area (Å²) >= 11 is 0. The van der Waals surface area contributed by atoms with Crippen LogP contribution >= 0.6 is 0 Å². The van der Waals surface area contributed by atoms with Gasteiger partial charge in [-0.3, -0.25) is 9.59 Å². The van der Waals surface area contributed by atoms with Crippen LogP contribution in [0.25, 0.3) is 11.3 Å². The molecule has 0 aliphatic rings. The number of nitrogens with zero attached hydrogens (tertiary/aromatic N) is 2. The van der Waals surface area contributed by atoms with E-state index < -0.39 is 0 Å². The van der Waals surface area contributed by atoms with Crippen molar-refractivity contribution >= 4 is 5.91 Å². The third kappa shape index (κ3) is 5.87. The van der Waals surface area contributed by atoms with Crippen LogP contribution in [0.5, 0.6) is 17.2 Å². The first-order valence-corrected chi connectivity index (χ1v) is 10.3. The Bertz CT molecular complexity index is 1110. The summed E-state index contributed by atoms with van der Waals surface area (Å²) in [6, 6.07) is 16.0. The van der Waals surface area contributed by atoms with E-state index in [1.54, 1.807) is 32.4 Å². The first-order valence-electron chi connectivity index (χ1n) is 10.3. The number of methoxy groups -OCH3 is 2. The quantitative estimate of drug-likeness (QED) is 0.524. The van der Waals surface area contributed by atoms with Crippen LogP contribution in [-0.4, -0.2) is 43.1 Å². The van der Waals surface area contributed by atoms with Gasteiger partial charge < -0.3 is 19.5 Å². The summed E-state index contributed by atoms with van der Waals surface area (Å²) in [4.78, 5) is 24.5. The van der Waals surface area contributed by atoms with Gasteiger partial charge in [-0.25, -0.2) is 4.68 Å². The summed E-state index contributed by atoms with van der Waals surface area (Å²) in [5.74, 6) is 1.80. The highest BCUT2D eigenvalue weighted by Crippen LogP contribution is 2.27. The van der Waals surface area contributed by atoms with Crippen LogP contribution in [-0.2, 0) is 17.8 Å². The normalized spacial score (nSPS) is 10.5. The number of rotatable bonds is 10. The predicted octanol–water partition coefficient (Wildman–Crippen LogP) is 2.69. The maximum atomic E-state index is 12.3. The third-order valence-electron chi connectivity index (χ3n) is 4.79. The fourth-order valence-corrected chi connectivity index (χ4v) is 3.19. The fourth-order valence-electron chi connectivity index (χ4n) is 3.19. The first-order chi connectivity index (χ1) is 15.5. The molecular formula is C24H27N3O5. The topological polar surface area (TPSA) is 91.7 Å². The van der Waals surface area contributed by atoms with Gasteiger partial charge in [-0.15, -0.1) is 0 Å². The SMILES string of the molecule is CCOc1ccc(-c2ccc(=O)n(CCNC(=O)Cc3ccc(OC)c(OC)c3)n2)cc1. The molecule has 1 amide bonds. The fraction of sp³-hybridized carbons (Fsp3) is 0.292. The number of nitrogens with one attached hydrogen (secondary N) is 1. The molecule has 32 heavy (non-hydrogen) atoms. The molecule has 8 heteroatoms. The molecule has 0 aliphatic heterocycles. The van der Waals surface area contributed by atoms with Gasteiger partial charge >= 0.3 is 0 Å². The molecule has 0 radical (unpaired) electrons. The maximum Gasteiger partial charge on any atom is 0.266 e. The molecule has 0 atom stereocenters. The van der Waals surface area contributed by atoms with Crippen LogP contribution in [0, 0.1) is 0 Å². The predicted molar refractivity (Wildman–Crippen MR) is 121 cm³/mol. The Morgan fingerprint density at radius 3 is 2.44 bits per heavy atom. The van der Waals surface area contributed by atoms with Crippen LogP contribution in [0.4, 0.5) is 0 Å². The molecule has 3 aromatic rings. The molecule has 2 aromatic carbocycles. The van der Waals surface area contributed by atoms with Crippen molar-refractivity contribution in [2.45, 2.75) is 19.9 Å². The molecule has 1 aromatic heterocycles. The molecule has 3 rings (SSSR count). The molecule has 0 unspecified atom stereocenters. The number of hydrogen-bond acceptors (Lipinski definition) is 6. The molecule has 0 saturated heterocycles. The van der Waals surface area contributed by atoms with Crippen LogP contribution < -0.4 is 25.1 Å². The van der Waals surface area contributed by atoms with Crippen LogP contribution in [0.3, 0.4) is 0 Å². The molecule has 0 aliphatic carbocycles. The molecule has 1 heterocycles. The Balaban J connectivity index is 1.59. The minimum Gasteiger partial charge on any atom is -0.494 e. The Kier molecular flexibility index (Phi) is 7.85. The van der Waals surface area contributed by atoms with Gasteiger partial charge in [0.05, 0.1) is 39.5 Å². The lowest BCUT2D eigenvalue weighted by Crippen LogP contribution is -2.32. The standard InChI is InChI=1S/C24H27N3O5/c1-4-32-19-8-6-18(7-9-19)20-10-12-24(29)27(26-20)14-13-25-23(28)16-17-5-11-21(30-2)22(15-17)31-3/h5-12,15H,4,13-14,16H2,1-3H3,(H,25,28). The van der Waals surface area contributed by atoms with Gasteiger partial charge in [0.1, 0.15) is 5.75 Å². The highest BCUT2D eigenvalue weighted by atomic mass is 16.5. The Labute approximate surface area is 186 Å². The van der Waals surface area contributed by atoms with Gasteiger partial charge in [0.25, 0.3) is 5.56 Å². The average molecular weight is 437 g/mol. The molecule has 0 fully saturated rings. The van der Waals surface area contributed by atoms with Crippen LogP contribution in [0.1, 0.15) is 12.5 Å². The van der Waals surface area contributed by atoms with Gasteiger partial charge in [-0.05, 0) is 55.0 Å². The van der Waals surface area contributed by atoms with E-state index in [0.717, 1.165) is 16.9 Å². The molecular weight excluding hydrogens is 410 g/mol. The summed E-state index contributed by atoms with van der Waals surface area (Å²) in [6.07, 6.45) is 0.189. The van der Waals surface area contributed by atoms with Crippen molar-refractivity contribution in [3.63, 3.8) is 0 Å². The van der Waals surface area contributed by atoms with Gasteiger partial charge in [-0.2, -0.15) is 5.10 Å². The van der Waals surface area contributed by atoms with Gasteiger partial charge in [-0.1, -0.05) is 6.07 Å². The highest BCUT2D eigenvalue weighted by molar-refractivity contribution is 5.78. The summed E-state index contributed by atoms with van der Waals surface area (Å²) in [5, 5.41) is 7.25. The second-order valence-electron chi connectivity index (χ2n) is 6.95. The van der Waals surface area contributed by atoms with Gasteiger partial charge in [0, 0.05) is 18.2 Å². The summed E-state index contributed by atoms with van der Waals surface area (Å²) in [7, 11) is 3.11. The molecule has 168 valence electrons. The van der Waals surface area contributed by atoms with Gasteiger partial charge in [0.2, 0.25) is 5.91 Å². The zero-order valence-electron chi connectivity index (χ0n) is 18.5. The lowest BCUT2D eigenvalue weighted by molar-refractivity contribution is -0.120. The smallest absolute Gasteiger partial charge is 0.266 e. The van der Waals surface area contributed by atoms with E-state index in [4.69, 9.17) is 14.2 Å². The monoisotopic (exact) mass is 437 g/mol. The second kappa shape index (κ2) is 11.0. The number of amides is 1. The zero-order chi connectivity index (χ0) is 22.9. The Morgan fingerprint density at radius 2 is 1.75 bits per heavy atom. The summed E-state index contributed by atoms with van der Waals surface area (Å²) in [5.41, 5.74) is 2.12. The van der Waals surface area contributed by atoms with Crippen LogP contribution in [0.15, 0.2) is 59.4 Å². The Morgan fingerprint density at radius 1 is 1.00 bits per heavy atom. The number of aromatic nitrogens is 2. The van der Waals surface area contributed by atoms with E-state index in [1.807, 2.05) is 37.3 Å². The minimum atomic E-state index is -0.228. The lowest BCUT2D eigenvalue weighted by Gasteiger charge is -2.11. The molecule has 0 saturated carbocycles. The average Bonchev–Trinajstić information content (AvgIpc) is 2.81. The van der Waals surface area contributed by atoms with Crippen molar-refractivity contribution in [3.8, 4) is 28.5 Å². The van der Waals surface area contributed by atoms with E-state index in [0.29, 0.717) is 23.8 Å². The van der Waals surface area contributed by atoms with Crippen molar-refractivity contribution in [1.82, 2.24) is 15.1 Å². The number of carbonyl (C=O) groups excluding carboxylic acids is 1. The first kappa shape index (κ1) is 22.9. The van der Waals surface area contributed by atoms with Crippen molar-refractivity contribution in [1.29, 1.82) is 0 Å². The lowest BCUT2D eigenvalue weighted by atomic mass is 10.1. The van der Waals surface area contributed by atoms with E-state index in [-0.39, 0.29) is 31.0 Å². The van der Waals surface area contributed by atoms with E-state index >= 15 is 0 Å². The van der Waals surface area contributed by atoms with E-state index in [9.17, 15) is 9.59 Å². The zero-order valence-corrected chi connectivity index (χ0v) is 18.5. The highest BCUT2D eigenvalue weighted by Gasteiger charge is 2.09. The second-order valence-corrected chi connectivity index (χ2v) is 6.95. The van der Waals surface area contributed by atoms with E-state index in [1.165, 1.54) is 10.7 Å². The third-order valence-corrected chi connectivity index (χ3v) is 4.79. The number of benzene rings is 2. The maximum absolute atomic E-state index is 12.3. The van der Waals surface area contributed by atoms with Gasteiger partial charge in [0.15, 0.2) is 11.5 Å². The van der Waals surface area contributed by atoms with E-state index in [2.05, 4.69) is 10.4 Å². The largest absolute Gasteiger partial charge is 0.494 e. The molecule has 8 nitrogen and oxygen atoms in total. The van der Waals surface area contributed by atoms with Crippen LogP contribution in [0.2, 0.25) is 0 Å². The molecule has 0 spiro atoms. The summed E-state index contributed by atoms with van der Waals surface area (Å²) < 4.78 is 17.3. The van der Waals surface area contributed by atoms with Crippen molar-refractivity contribution in [2.24, 2.45) is 0 Å². The van der Waals surface area contributed by atoms with Crippen molar-refractivity contribution in [3.05, 3.63) is 70.5 Å². The Hall–Kier alpha value is -3.81. The molecule has 0 bridgehead atoms. The number of ether oxygens (including phenoxy) is 3. The summed E-state index contributed by atoms with van der Waals surface area (Å²) in [6.45, 7) is 3.07. The van der Waals surface area contributed by atoms with Crippen molar-refractivity contribution in [2.75, 3.05) is 27.4 Å². The minimum absolute atomic E-state index is 0.159. The van der Waals surface area contributed by atoms with Crippen molar-refractivity contribution < 1.29 is 19.0 Å².